The monoisotopic (exact) mass is 362 g/mol. The Morgan fingerprint density at radius 2 is 1.84 bits per heavy atom. The van der Waals surface area contributed by atoms with Gasteiger partial charge in [-0.05, 0) is 29.8 Å². The van der Waals surface area contributed by atoms with Gasteiger partial charge in [-0.15, -0.1) is 0 Å². The standard InChI is InChI=1S/C14H10BrCl2FO/c1-19-9-3-4-10(13(18)7-9)14(15)11-6-8(16)2-5-12(11)17/h2-7,14H,1H3. The van der Waals surface area contributed by atoms with Crippen LogP contribution in [0.15, 0.2) is 36.4 Å². The molecule has 1 nitrogen and oxygen atoms in total. The molecule has 19 heavy (non-hydrogen) atoms. The van der Waals surface area contributed by atoms with E-state index in [1.165, 1.54) is 13.2 Å². The molecule has 0 radical (unpaired) electrons. The molecule has 1 unspecified atom stereocenters. The summed E-state index contributed by atoms with van der Waals surface area (Å²) in [6, 6.07) is 9.79. The van der Waals surface area contributed by atoms with Gasteiger partial charge in [-0.1, -0.05) is 45.2 Å². The Kier molecular flexibility index (Phi) is 4.71. The van der Waals surface area contributed by atoms with Crippen molar-refractivity contribution in [2.75, 3.05) is 7.11 Å². The molecule has 0 saturated heterocycles. The highest BCUT2D eigenvalue weighted by Crippen LogP contribution is 2.38. The summed E-state index contributed by atoms with van der Waals surface area (Å²) < 4.78 is 19.0. The number of hydrogen-bond acceptors (Lipinski definition) is 1. The van der Waals surface area contributed by atoms with Crippen LogP contribution in [-0.4, -0.2) is 7.11 Å². The van der Waals surface area contributed by atoms with Crippen LogP contribution in [0.4, 0.5) is 4.39 Å². The maximum Gasteiger partial charge on any atom is 0.131 e. The van der Waals surface area contributed by atoms with Gasteiger partial charge in [-0.25, -0.2) is 4.39 Å². The topological polar surface area (TPSA) is 9.23 Å². The molecule has 0 aromatic heterocycles. The molecule has 2 rings (SSSR count). The fourth-order valence-corrected chi connectivity index (χ4v) is 3.01. The van der Waals surface area contributed by atoms with Crippen molar-refractivity contribution in [3.8, 4) is 5.75 Å². The van der Waals surface area contributed by atoms with E-state index in [9.17, 15) is 4.39 Å². The molecule has 0 N–H and O–H groups in total. The van der Waals surface area contributed by atoms with E-state index in [1.807, 2.05) is 0 Å². The number of benzene rings is 2. The maximum absolute atomic E-state index is 14.0. The fraction of sp³-hybridized carbons (Fsp3) is 0.143. The van der Waals surface area contributed by atoms with Crippen molar-refractivity contribution in [1.29, 1.82) is 0 Å². The minimum atomic E-state index is -0.371. The van der Waals surface area contributed by atoms with Crippen LogP contribution >= 0.6 is 39.1 Å². The number of ether oxygens (including phenoxy) is 1. The van der Waals surface area contributed by atoms with Gasteiger partial charge >= 0.3 is 0 Å². The molecule has 0 aliphatic rings. The molecule has 0 amide bonds. The Bertz CT molecular complexity index is 604. The van der Waals surface area contributed by atoms with Crippen LogP contribution in [-0.2, 0) is 0 Å². The van der Waals surface area contributed by atoms with Gasteiger partial charge in [0.1, 0.15) is 11.6 Å². The van der Waals surface area contributed by atoms with Crippen LogP contribution in [0.25, 0.3) is 0 Å². The van der Waals surface area contributed by atoms with Crippen LogP contribution in [0, 0.1) is 5.82 Å². The molecule has 2 aromatic carbocycles. The summed E-state index contributed by atoms with van der Waals surface area (Å²) in [5.41, 5.74) is 1.20. The highest BCUT2D eigenvalue weighted by atomic mass is 79.9. The van der Waals surface area contributed by atoms with Crippen LogP contribution in [0.3, 0.4) is 0 Å². The first-order valence-electron chi connectivity index (χ1n) is 5.45. The van der Waals surface area contributed by atoms with Crippen molar-refractivity contribution in [2.24, 2.45) is 0 Å². The van der Waals surface area contributed by atoms with Crippen LogP contribution in [0.1, 0.15) is 16.0 Å². The third-order valence-electron chi connectivity index (χ3n) is 2.71. The Hall–Kier alpha value is -0.770. The molecular formula is C14H10BrCl2FO. The van der Waals surface area contributed by atoms with Crippen molar-refractivity contribution >= 4 is 39.1 Å². The molecule has 1 atom stereocenters. The second kappa shape index (κ2) is 6.12. The van der Waals surface area contributed by atoms with E-state index in [0.29, 0.717) is 21.4 Å². The Labute approximate surface area is 129 Å². The number of halogens is 4. The number of methoxy groups -OCH3 is 1. The van der Waals surface area contributed by atoms with E-state index >= 15 is 0 Å². The molecule has 0 heterocycles. The minimum Gasteiger partial charge on any atom is -0.497 e. The van der Waals surface area contributed by atoms with E-state index in [4.69, 9.17) is 27.9 Å². The molecule has 0 spiro atoms. The average molecular weight is 364 g/mol. The summed E-state index contributed by atoms with van der Waals surface area (Å²) >= 11 is 15.5. The molecule has 0 aliphatic carbocycles. The molecule has 2 aromatic rings. The number of hydrogen-bond donors (Lipinski definition) is 0. The predicted octanol–water partition coefficient (Wildman–Crippen LogP) is 5.63. The minimum absolute atomic E-state index is 0.364. The molecule has 0 bridgehead atoms. The fourth-order valence-electron chi connectivity index (χ4n) is 1.72. The van der Waals surface area contributed by atoms with Crippen molar-refractivity contribution in [2.45, 2.75) is 4.83 Å². The zero-order valence-electron chi connectivity index (χ0n) is 9.96. The molecule has 0 fully saturated rings. The van der Waals surface area contributed by atoms with E-state index in [2.05, 4.69) is 15.9 Å². The first kappa shape index (κ1) is 14.6. The van der Waals surface area contributed by atoms with Crippen LogP contribution in [0.5, 0.6) is 5.75 Å². The third-order valence-corrected chi connectivity index (χ3v) is 4.28. The quantitative estimate of drug-likeness (QED) is 0.642. The lowest BCUT2D eigenvalue weighted by Crippen LogP contribution is -1.98. The maximum atomic E-state index is 14.0. The second-order valence-corrected chi connectivity index (χ2v) is 5.68. The summed E-state index contributed by atoms with van der Waals surface area (Å²) in [6.07, 6.45) is 0. The molecule has 0 aliphatic heterocycles. The van der Waals surface area contributed by atoms with Gasteiger partial charge in [0.2, 0.25) is 0 Å². The smallest absolute Gasteiger partial charge is 0.131 e. The van der Waals surface area contributed by atoms with E-state index < -0.39 is 0 Å². The highest BCUT2D eigenvalue weighted by Gasteiger charge is 2.18. The van der Waals surface area contributed by atoms with Gasteiger partial charge in [-0.3, -0.25) is 0 Å². The first-order valence-corrected chi connectivity index (χ1v) is 7.12. The number of alkyl halides is 1. The third kappa shape index (κ3) is 3.22. The van der Waals surface area contributed by atoms with E-state index in [0.717, 1.165) is 5.56 Å². The lowest BCUT2D eigenvalue weighted by molar-refractivity contribution is 0.411. The SMILES string of the molecule is COc1ccc(C(Br)c2cc(Cl)ccc2Cl)c(F)c1. The lowest BCUT2D eigenvalue weighted by Gasteiger charge is -2.14. The molecule has 5 heteroatoms. The Balaban J connectivity index is 2.43. The largest absolute Gasteiger partial charge is 0.497 e. The van der Waals surface area contributed by atoms with Crippen molar-refractivity contribution in [3.63, 3.8) is 0 Å². The van der Waals surface area contributed by atoms with Gasteiger partial charge in [0.15, 0.2) is 0 Å². The highest BCUT2D eigenvalue weighted by molar-refractivity contribution is 9.09. The van der Waals surface area contributed by atoms with Gasteiger partial charge < -0.3 is 4.74 Å². The normalized spacial score (nSPS) is 12.3. The lowest BCUT2D eigenvalue weighted by atomic mass is 10.0. The summed E-state index contributed by atoms with van der Waals surface area (Å²) in [7, 11) is 1.49. The summed E-state index contributed by atoms with van der Waals surface area (Å²) in [5, 5.41) is 1.08. The number of rotatable bonds is 3. The summed E-state index contributed by atoms with van der Waals surface area (Å²) in [6.45, 7) is 0. The molecule has 0 saturated carbocycles. The second-order valence-electron chi connectivity index (χ2n) is 3.92. The van der Waals surface area contributed by atoms with Gasteiger partial charge in [0, 0.05) is 21.7 Å². The molecular weight excluding hydrogens is 354 g/mol. The summed E-state index contributed by atoms with van der Waals surface area (Å²) in [5.74, 6) is 0.107. The first-order chi connectivity index (χ1) is 9.02. The van der Waals surface area contributed by atoms with Crippen molar-refractivity contribution < 1.29 is 9.13 Å². The Morgan fingerprint density at radius 3 is 2.47 bits per heavy atom. The predicted molar refractivity (Wildman–Crippen MR) is 80.2 cm³/mol. The van der Waals surface area contributed by atoms with Crippen molar-refractivity contribution in [1.82, 2.24) is 0 Å². The van der Waals surface area contributed by atoms with E-state index in [1.54, 1.807) is 30.3 Å². The van der Waals surface area contributed by atoms with Crippen molar-refractivity contribution in [3.05, 3.63) is 63.4 Å². The zero-order chi connectivity index (χ0) is 14.0. The van der Waals surface area contributed by atoms with Gasteiger partial charge in [0.25, 0.3) is 0 Å². The van der Waals surface area contributed by atoms with Crippen LogP contribution in [0.2, 0.25) is 10.0 Å². The Morgan fingerprint density at radius 1 is 1.11 bits per heavy atom. The molecule has 100 valence electrons. The van der Waals surface area contributed by atoms with Gasteiger partial charge in [-0.2, -0.15) is 0 Å². The van der Waals surface area contributed by atoms with Crippen LogP contribution < -0.4 is 4.74 Å². The zero-order valence-corrected chi connectivity index (χ0v) is 13.1. The van der Waals surface area contributed by atoms with Gasteiger partial charge in [0.05, 0.1) is 11.9 Å². The average Bonchev–Trinajstić information content (AvgIpc) is 2.40. The van der Waals surface area contributed by atoms with E-state index in [-0.39, 0.29) is 10.6 Å². The summed E-state index contributed by atoms with van der Waals surface area (Å²) in [4.78, 5) is -0.371.